The summed E-state index contributed by atoms with van der Waals surface area (Å²) in [6, 6.07) is 10.4. The number of nitrogens with zero attached hydrogens (tertiary/aromatic N) is 2. The minimum atomic E-state index is -2.88. The van der Waals surface area contributed by atoms with Crippen molar-refractivity contribution in [1.29, 1.82) is 0 Å². The Balaban J connectivity index is 1.83. The summed E-state index contributed by atoms with van der Waals surface area (Å²) >= 11 is 0. The van der Waals surface area contributed by atoms with Crippen molar-refractivity contribution in [2.24, 2.45) is 4.99 Å². The Bertz CT molecular complexity index is 631. The van der Waals surface area contributed by atoms with Crippen LogP contribution in [-0.4, -0.2) is 58.6 Å². The molecule has 1 aliphatic heterocycles. The summed E-state index contributed by atoms with van der Waals surface area (Å²) in [5.74, 6) is 1.10. The molecule has 2 atom stereocenters. The van der Waals surface area contributed by atoms with E-state index in [1.807, 2.05) is 18.2 Å². The average Bonchev–Trinajstić information content (AvgIpc) is 2.89. The van der Waals surface area contributed by atoms with Gasteiger partial charge >= 0.3 is 0 Å². The fourth-order valence-electron chi connectivity index (χ4n) is 2.60. The van der Waals surface area contributed by atoms with Crippen molar-refractivity contribution in [2.75, 3.05) is 37.0 Å². The third-order valence-corrected chi connectivity index (χ3v) is 5.95. The number of aliphatic imine (C=N–C) groups is 1. The highest BCUT2D eigenvalue weighted by molar-refractivity contribution is 7.91. The first kappa shape index (κ1) is 17.6. The lowest BCUT2D eigenvalue weighted by Crippen LogP contribution is -2.48. The first-order valence-corrected chi connectivity index (χ1v) is 9.69. The van der Waals surface area contributed by atoms with Gasteiger partial charge in [-0.3, -0.25) is 4.99 Å². The van der Waals surface area contributed by atoms with Gasteiger partial charge in [-0.25, -0.2) is 8.42 Å². The summed E-state index contributed by atoms with van der Waals surface area (Å²) in [4.78, 5) is 6.38. The Morgan fingerprint density at radius 2 is 2.09 bits per heavy atom. The number of guanidine groups is 1. The van der Waals surface area contributed by atoms with Gasteiger partial charge in [0, 0.05) is 38.4 Å². The molecule has 1 fully saturated rings. The maximum Gasteiger partial charge on any atom is 0.191 e. The summed E-state index contributed by atoms with van der Waals surface area (Å²) in [6.07, 6.45) is 0.641. The van der Waals surface area contributed by atoms with Crippen LogP contribution >= 0.6 is 0 Å². The fourth-order valence-corrected chi connectivity index (χ4v) is 4.27. The van der Waals surface area contributed by atoms with Gasteiger partial charge in [-0.05, 0) is 25.5 Å². The molecule has 7 heteroatoms. The molecule has 0 aliphatic carbocycles. The van der Waals surface area contributed by atoms with Gasteiger partial charge in [0.25, 0.3) is 0 Å². The van der Waals surface area contributed by atoms with E-state index in [0.29, 0.717) is 18.9 Å². The second-order valence-electron chi connectivity index (χ2n) is 5.99. The van der Waals surface area contributed by atoms with E-state index >= 15 is 0 Å². The Hall–Kier alpha value is -1.76. The molecule has 1 aliphatic rings. The Morgan fingerprint density at radius 3 is 2.65 bits per heavy atom. The molecule has 23 heavy (non-hydrogen) atoms. The number of likely N-dealkylation sites (N-methyl/N-ethyl adjacent to an activating group) is 1. The van der Waals surface area contributed by atoms with Crippen molar-refractivity contribution in [2.45, 2.75) is 25.4 Å². The lowest BCUT2D eigenvalue weighted by molar-refractivity contribution is 0.598. The summed E-state index contributed by atoms with van der Waals surface area (Å²) in [7, 11) is 0.872. The van der Waals surface area contributed by atoms with E-state index in [1.54, 1.807) is 7.05 Å². The molecule has 1 heterocycles. The van der Waals surface area contributed by atoms with Crippen molar-refractivity contribution in [3.8, 4) is 0 Å². The zero-order chi connectivity index (χ0) is 16.9. The van der Waals surface area contributed by atoms with Gasteiger partial charge in [-0.1, -0.05) is 18.2 Å². The minimum absolute atomic E-state index is 0.0478. The molecule has 0 bridgehead atoms. The molecule has 0 saturated carbocycles. The van der Waals surface area contributed by atoms with Crippen LogP contribution in [0.5, 0.6) is 0 Å². The molecule has 0 radical (unpaired) electrons. The molecule has 0 amide bonds. The zero-order valence-electron chi connectivity index (χ0n) is 14.0. The van der Waals surface area contributed by atoms with Gasteiger partial charge in [0.2, 0.25) is 0 Å². The number of para-hydroxylation sites is 1. The number of rotatable bonds is 5. The fraction of sp³-hybridized carbons (Fsp3) is 0.562. The van der Waals surface area contributed by atoms with E-state index in [9.17, 15) is 8.42 Å². The van der Waals surface area contributed by atoms with Crippen LogP contribution in [0.15, 0.2) is 35.3 Å². The number of sulfone groups is 1. The third-order valence-electron chi connectivity index (χ3n) is 4.19. The number of anilines is 1. The lowest BCUT2D eigenvalue weighted by atomic mass is 10.2. The minimum Gasteiger partial charge on any atom is -0.370 e. The van der Waals surface area contributed by atoms with Crippen LogP contribution in [0.25, 0.3) is 0 Å². The van der Waals surface area contributed by atoms with Gasteiger partial charge in [-0.2, -0.15) is 0 Å². The molecule has 1 aromatic carbocycles. The van der Waals surface area contributed by atoms with Crippen molar-refractivity contribution in [1.82, 2.24) is 10.6 Å². The van der Waals surface area contributed by atoms with Crippen LogP contribution in [0.3, 0.4) is 0 Å². The smallest absolute Gasteiger partial charge is 0.191 e. The van der Waals surface area contributed by atoms with Gasteiger partial charge in [-0.15, -0.1) is 0 Å². The van der Waals surface area contributed by atoms with Crippen LogP contribution in [0.1, 0.15) is 13.3 Å². The second-order valence-corrected chi connectivity index (χ2v) is 8.22. The highest BCUT2D eigenvalue weighted by Crippen LogP contribution is 2.14. The largest absolute Gasteiger partial charge is 0.370 e. The van der Waals surface area contributed by atoms with Gasteiger partial charge < -0.3 is 15.5 Å². The highest BCUT2D eigenvalue weighted by Gasteiger charge is 2.28. The first-order valence-electron chi connectivity index (χ1n) is 7.87. The lowest BCUT2D eigenvalue weighted by Gasteiger charge is -2.28. The molecule has 1 aromatic rings. The highest BCUT2D eigenvalue weighted by atomic mass is 32.2. The normalized spacial score (nSPS) is 21.7. The van der Waals surface area contributed by atoms with Crippen LogP contribution in [-0.2, 0) is 9.84 Å². The molecular weight excluding hydrogens is 312 g/mol. The zero-order valence-corrected chi connectivity index (χ0v) is 14.8. The van der Waals surface area contributed by atoms with E-state index < -0.39 is 9.84 Å². The third kappa shape index (κ3) is 5.13. The van der Waals surface area contributed by atoms with Crippen molar-refractivity contribution < 1.29 is 8.42 Å². The van der Waals surface area contributed by atoms with Crippen LogP contribution in [0.2, 0.25) is 0 Å². The predicted octanol–water partition coefficient (Wildman–Crippen LogP) is 0.863. The molecule has 1 saturated heterocycles. The molecule has 6 nitrogen and oxygen atoms in total. The van der Waals surface area contributed by atoms with Crippen LogP contribution in [0, 0.1) is 0 Å². The summed E-state index contributed by atoms with van der Waals surface area (Å²) in [5, 5.41) is 6.47. The van der Waals surface area contributed by atoms with Gasteiger partial charge in [0.1, 0.15) is 0 Å². The van der Waals surface area contributed by atoms with Crippen molar-refractivity contribution >= 4 is 21.5 Å². The Labute approximate surface area is 138 Å². The Morgan fingerprint density at radius 1 is 1.39 bits per heavy atom. The molecule has 0 aromatic heterocycles. The summed E-state index contributed by atoms with van der Waals surface area (Å²) < 4.78 is 23.0. The first-order chi connectivity index (χ1) is 10.9. The number of benzene rings is 1. The second kappa shape index (κ2) is 7.68. The molecule has 128 valence electrons. The average molecular weight is 338 g/mol. The quantitative estimate of drug-likeness (QED) is 0.615. The molecule has 2 rings (SSSR count). The van der Waals surface area contributed by atoms with E-state index in [0.717, 1.165) is 5.69 Å². The summed E-state index contributed by atoms with van der Waals surface area (Å²) in [5.41, 5.74) is 1.16. The van der Waals surface area contributed by atoms with Gasteiger partial charge in [0.15, 0.2) is 15.8 Å². The van der Waals surface area contributed by atoms with E-state index in [2.05, 4.69) is 46.6 Å². The number of hydrogen-bond acceptors (Lipinski definition) is 4. The topological polar surface area (TPSA) is 73.8 Å². The SMILES string of the molecule is CN=C(NCC(C)N(C)c1ccccc1)NC1CCS(=O)(=O)C1. The maximum absolute atomic E-state index is 11.5. The standard InChI is InChI=1S/C16H26N4O2S/c1-13(20(3)15-7-5-4-6-8-15)11-18-16(17-2)19-14-9-10-23(21,22)12-14/h4-8,13-14H,9-12H2,1-3H3,(H2,17,18,19). The van der Waals surface area contributed by atoms with Gasteiger partial charge in [0.05, 0.1) is 11.5 Å². The monoisotopic (exact) mass is 338 g/mol. The number of hydrogen-bond donors (Lipinski definition) is 2. The van der Waals surface area contributed by atoms with Crippen molar-refractivity contribution in [3.05, 3.63) is 30.3 Å². The van der Waals surface area contributed by atoms with E-state index in [4.69, 9.17) is 0 Å². The number of nitrogens with one attached hydrogen (secondary N) is 2. The maximum atomic E-state index is 11.5. The Kier molecular flexibility index (Phi) is 5.87. The molecule has 0 spiro atoms. The van der Waals surface area contributed by atoms with Crippen LogP contribution in [0.4, 0.5) is 5.69 Å². The molecular formula is C16H26N4O2S. The van der Waals surface area contributed by atoms with E-state index in [-0.39, 0.29) is 23.6 Å². The van der Waals surface area contributed by atoms with Crippen molar-refractivity contribution in [3.63, 3.8) is 0 Å². The van der Waals surface area contributed by atoms with Crippen LogP contribution < -0.4 is 15.5 Å². The summed E-state index contributed by atoms with van der Waals surface area (Å²) in [6.45, 7) is 2.85. The predicted molar refractivity (Wildman–Crippen MR) is 95.9 cm³/mol. The molecule has 2 N–H and O–H groups in total. The molecule has 2 unspecified atom stereocenters. The van der Waals surface area contributed by atoms with E-state index in [1.165, 1.54) is 0 Å².